The molecule has 0 aliphatic heterocycles. The molecule has 1 aliphatic rings. The van der Waals surface area contributed by atoms with E-state index < -0.39 is 0 Å². The van der Waals surface area contributed by atoms with E-state index in [1.54, 1.807) is 0 Å². The second-order valence-corrected chi connectivity index (χ2v) is 19.3. The van der Waals surface area contributed by atoms with E-state index in [0.29, 0.717) is 0 Å². The van der Waals surface area contributed by atoms with Gasteiger partial charge < -0.3 is 9.47 Å². The van der Waals surface area contributed by atoms with Crippen LogP contribution in [0, 0.1) is 0 Å². The topological polar surface area (TPSA) is 8.17 Å². The normalized spacial score (nSPS) is 14.6. The molecule has 0 spiro atoms. The van der Waals surface area contributed by atoms with Crippen molar-refractivity contribution in [3.05, 3.63) is 187 Å². The standard InChI is InChI=1S/C56H50N2S/c1-55(2,3)40-23-27-43(28-24-40)57(44-29-25-41(26-30-44)56(4,5)6)50-18-12-10-16-45(50)39-21-32-47-46-31-20-38(35-51(46)58(52(47)36-39)42-14-8-7-9-15-42)37-22-33-54-49(34-37)48-17-11-13-19-53(48)59-54/h7-14,16-36,42H,15H2,1-6H3. The van der Waals surface area contributed by atoms with E-state index in [2.05, 4.69) is 227 Å². The van der Waals surface area contributed by atoms with Crippen LogP contribution >= 0.6 is 11.3 Å². The summed E-state index contributed by atoms with van der Waals surface area (Å²) in [6, 6.07) is 57.4. The molecule has 1 unspecified atom stereocenters. The number of aromatic nitrogens is 1. The van der Waals surface area contributed by atoms with Crippen LogP contribution in [0.4, 0.5) is 17.1 Å². The van der Waals surface area contributed by atoms with E-state index in [4.69, 9.17) is 0 Å². The molecule has 59 heavy (non-hydrogen) atoms. The molecular weight excluding hydrogens is 733 g/mol. The molecule has 0 saturated carbocycles. The Morgan fingerprint density at radius 1 is 0.508 bits per heavy atom. The van der Waals surface area contributed by atoms with Gasteiger partial charge in [0.15, 0.2) is 0 Å². The molecule has 2 heterocycles. The number of para-hydroxylation sites is 1. The first-order valence-corrected chi connectivity index (χ1v) is 21.8. The number of hydrogen-bond acceptors (Lipinski definition) is 2. The largest absolute Gasteiger partial charge is 0.333 e. The zero-order valence-corrected chi connectivity index (χ0v) is 35.6. The van der Waals surface area contributed by atoms with E-state index in [1.807, 2.05) is 11.3 Å². The number of benzene rings is 7. The second-order valence-electron chi connectivity index (χ2n) is 18.2. The summed E-state index contributed by atoms with van der Waals surface area (Å²) in [5.74, 6) is 0. The van der Waals surface area contributed by atoms with Crippen LogP contribution in [0.1, 0.15) is 65.1 Å². The first-order valence-electron chi connectivity index (χ1n) is 20.9. The zero-order valence-electron chi connectivity index (χ0n) is 34.8. The monoisotopic (exact) mass is 782 g/mol. The molecule has 1 atom stereocenters. The SMILES string of the molecule is CC(C)(C)c1ccc(N(c2ccc(C(C)(C)C)cc2)c2ccccc2-c2ccc3c4ccc(-c5ccc6sc7ccccc7c6c5)cc4n(C4C=CC=CC4)c3c2)cc1. The van der Waals surface area contributed by atoms with Crippen molar-refractivity contribution in [2.75, 3.05) is 4.90 Å². The molecule has 290 valence electrons. The summed E-state index contributed by atoms with van der Waals surface area (Å²) < 4.78 is 5.26. The Labute approximate surface area is 352 Å². The summed E-state index contributed by atoms with van der Waals surface area (Å²) in [6.07, 6.45) is 10.00. The van der Waals surface area contributed by atoms with E-state index in [-0.39, 0.29) is 16.9 Å². The molecule has 0 fully saturated rings. The smallest absolute Gasteiger partial charge is 0.0560 e. The first kappa shape index (κ1) is 37.1. The average Bonchev–Trinajstić information content (AvgIpc) is 3.78. The van der Waals surface area contributed by atoms with Crippen molar-refractivity contribution in [1.29, 1.82) is 0 Å². The number of hydrogen-bond donors (Lipinski definition) is 0. The van der Waals surface area contributed by atoms with Gasteiger partial charge in [-0.1, -0.05) is 157 Å². The molecule has 0 radical (unpaired) electrons. The number of rotatable bonds is 6. The lowest BCUT2D eigenvalue weighted by molar-refractivity contribution is 0.590. The quantitative estimate of drug-likeness (QED) is 0.163. The number of fused-ring (bicyclic) bond motifs is 6. The molecule has 10 rings (SSSR count). The van der Waals surface area contributed by atoms with Gasteiger partial charge in [0, 0.05) is 47.9 Å². The van der Waals surface area contributed by atoms with Gasteiger partial charge in [-0.05, 0) is 106 Å². The van der Waals surface area contributed by atoms with Gasteiger partial charge in [0.05, 0.1) is 22.8 Å². The third kappa shape index (κ3) is 6.68. The summed E-state index contributed by atoms with van der Waals surface area (Å²) in [5, 5.41) is 5.23. The van der Waals surface area contributed by atoms with Crippen LogP contribution < -0.4 is 4.90 Å². The molecule has 0 N–H and O–H groups in total. The van der Waals surface area contributed by atoms with Crippen LogP contribution in [0.15, 0.2) is 176 Å². The van der Waals surface area contributed by atoms with Crippen molar-refractivity contribution in [1.82, 2.24) is 4.57 Å². The average molecular weight is 783 g/mol. The molecule has 1 aliphatic carbocycles. The maximum Gasteiger partial charge on any atom is 0.0560 e. The number of anilines is 3. The second kappa shape index (κ2) is 14.3. The fraction of sp³-hybridized carbons (Fsp3) is 0.179. The molecule has 0 saturated heterocycles. The molecule has 0 bridgehead atoms. The highest BCUT2D eigenvalue weighted by molar-refractivity contribution is 7.25. The van der Waals surface area contributed by atoms with E-state index >= 15 is 0 Å². The van der Waals surface area contributed by atoms with Gasteiger partial charge in [-0.2, -0.15) is 0 Å². The maximum absolute atomic E-state index is 2.59. The predicted octanol–water partition coefficient (Wildman–Crippen LogP) is 16.6. The lowest BCUT2D eigenvalue weighted by Gasteiger charge is -2.29. The summed E-state index contributed by atoms with van der Waals surface area (Å²) >= 11 is 1.87. The van der Waals surface area contributed by atoms with Crippen molar-refractivity contribution in [2.45, 2.75) is 64.8 Å². The Bertz CT molecular complexity index is 3030. The highest BCUT2D eigenvalue weighted by atomic mass is 32.1. The fourth-order valence-electron chi connectivity index (χ4n) is 8.98. The first-order chi connectivity index (χ1) is 28.5. The van der Waals surface area contributed by atoms with Crippen molar-refractivity contribution in [3.63, 3.8) is 0 Å². The van der Waals surface area contributed by atoms with E-state index in [0.717, 1.165) is 23.5 Å². The Morgan fingerprint density at radius 3 is 1.71 bits per heavy atom. The molecule has 3 heteroatoms. The maximum atomic E-state index is 2.59. The Hall–Kier alpha value is -6.16. The van der Waals surface area contributed by atoms with Gasteiger partial charge in [0.1, 0.15) is 0 Å². The molecule has 0 amide bonds. The van der Waals surface area contributed by atoms with Crippen LogP contribution in [0.25, 0.3) is 64.2 Å². The van der Waals surface area contributed by atoms with Crippen molar-refractivity contribution in [2.24, 2.45) is 0 Å². The van der Waals surface area contributed by atoms with Crippen molar-refractivity contribution < 1.29 is 0 Å². The Balaban J connectivity index is 1.14. The van der Waals surface area contributed by atoms with Crippen LogP contribution in [0.5, 0.6) is 0 Å². The minimum atomic E-state index is 0.0695. The Morgan fingerprint density at radius 2 is 1.07 bits per heavy atom. The lowest BCUT2D eigenvalue weighted by Crippen LogP contribution is -2.15. The highest BCUT2D eigenvalue weighted by Gasteiger charge is 2.23. The van der Waals surface area contributed by atoms with Crippen molar-refractivity contribution in [3.8, 4) is 22.3 Å². The summed E-state index contributed by atoms with van der Waals surface area (Å²) in [4.78, 5) is 2.43. The minimum Gasteiger partial charge on any atom is -0.333 e. The third-order valence-electron chi connectivity index (χ3n) is 12.2. The minimum absolute atomic E-state index is 0.0695. The van der Waals surface area contributed by atoms with Crippen LogP contribution in [0.3, 0.4) is 0 Å². The van der Waals surface area contributed by atoms with Gasteiger partial charge in [-0.25, -0.2) is 0 Å². The summed E-state index contributed by atoms with van der Waals surface area (Å²) in [5.41, 5.74) is 13.6. The van der Waals surface area contributed by atoms with Gasteiger partial charge >= 0.3 is 0 Å². The molecule has 2 aromatic heterocycles. The summed E-state index contributed by atoms with van der Waals surface area (Å²) in [6.45, 7) is 13.7. The van der Waals surface area contributed by atoms with Crippen LogP contribution in [-0.2, 0) is 10.8 Å². The van der Waals surface area contributed by atoms with Gasteiger partial charge in [-0.15, -0.1) is 11.3 Å². The number of allylic oxidation sites excluding steroid dienone is 4. The molecule has 7 aromatic carbocycles. The molecule has 2 nitrogen and oxygen atoms in total. The summed E-state index contributed by atoms with van der Waals surface area (Å²) in [7, 11) is 0. The van der Waals surface area contributed by atoms with Crippen LogP contribution in [0.2, 0.25) is 0 Å². The predicted molar refractivity (Wildman–Crippen MR) is 257 cm³/mol. The number of thiophene rings is 1. The van der Waals surface area contributed by atoms with Gasteiger partial charge in [0.25, 0.3) is 0 Å². The Kier molecular flexibility index (Phi) is 8.99. The van der Waals surface area contributed by atoms with E-state index in [9.17, 15) is 0 Å². The highest BCUT2D eigenvalue weighted by Crippen LogP contribution is 2.45. The van der Waals surface area contributed by atoms with Crippen molar-refractivity contribution >= 4 is 70.4 Å². The molecule has 9 aromatic rings. The number of nitrogens with zero attached hydrogens (tertiary/aromatic N) is 2. The van der Waals surface area contributed by atoms with Gasteiger partial charge in [0.2, 0.25) is 0 Å². The van der Waals surface area contributed by atoms with Crippen LogP contribution in [-0.4, -0.2) is 4.57 Å². The van der Waals surface area contributed by atoms with E-state index in [1.165, 1.54) is 75.4 Å². The lowest BCUT2D eigenvalue weighted by atomic mass is 9.86. The fourth-order valence-corrected chi connectivity index (χ4v) is 10.1. The zero-order chi connectivity index (χ0) is 40.5. The van der Waals surface area contributed by atoms with Gasteiger partial charge in [-0.3, -0.25) is 0 Å². The molecular formula is C56H50N2S. The third-order valence-corrected chi connectivity index (χ3v) is 13.4.